The lowest BCUT2D eigenvalue weighted by Crippen LogP contribution is -2.30. The molecule has 0 aromatic carbocycles. The summed E-state index contributed by atoms with van der Waals surface area (Å²) in [5, 5.41) is 4.16. The summed E-state index contributed by atoms with van der Waals surface area (Å²) in [5.41, 5.74) is 7.27. The Bertz CT molecular complexity index is 277. The Morgan fingerprint density at radius 1 is 1.29 bits per heavy atom. The molecule has 4 heteroatoms. The first-order chi connectivity index (χ1) is 8.29. The monoisotopic (exact) mass is 257 g/mol. The molecule has 0 bridgehead atoms. The normalized spacial score (nSPS) is 14.8. The van der Waals surface area contributed by atoms with Crippen LogP contribution in [-0.2, 0) is 9.47 Å². The van der Waals surface area contributed by atoms with Gasteiger partial charge in [0.1, 0.15) is 0 Å². The van der Waals surface area contributed by atoms with Gasteiger partial charge in [-0.25, -0.2) is 0 Å². The van der Waals surface area contributed by atoms with Crippen molar-refractivity contribution in [3.63, 3.8) is 0 Å². The molecule has 0 fully saturated rings. The van der Waals surface area contributed by atoms with E-state index < -0.39 is 0 Å². The average molecular weight is 257 g/mol. The molecule has 2 unspecified atom stereocenters. The summed E-state index contributed by atoms with van der Waals surface area (Å²) in [6.45, 7) is 6.23. The molecular formula is C13H23NO2S. The molecule has 1 aromatic heterocycles. The molecule has 0 aliphatic heterocycles. The van der Waals surface area contributed by atoms with Gasteiger partial charge in [-0.1, -0.05) is 13.8 Å². The van der Waals surface area contributed by atoms with Crippen molar-refractivity contribution in [2.24, 2.45) is 5.73 Å². The molecule has 0 amide bonds. The van der Waals surface area contributed by atoms with E-state index in [2.05, 4.69) is 30.7 Å². The molecular weight excluding hydrogens is 234 g/mol. The Hall–Kier alpha value is -0.420. The van der Waals surface area contributed by atoms with Gasteiger partial charge >= 0.3 is 0 Å². The molecule has 1 rings (SSSR count). The van der Waals surface area contributed by atoms with Gasteiger partial charge in [0.15, 0.2) is 0 Å². The van der Waals surface area contributed by atoms with E-state index in [1.54, 1.807) is 11.3 Å². The number of hydrogen-bond acceptors (Lipinski definition) is 4. The zero-order valence-corrected chi connectivity index (χ0v) is 11.5. The van der Waals surface area contributed by atoms with Gasteiger partial charge in [-0.2, -0.15) is 11.3 Å². The van der Waals surface area contributed by atoms with Crippen LogP contribution in [0.2, 0.25) is 0 Å². The number of hydrogen-bond donors (Lipinski definition) is 1. The van der Waals surface area contributed by atoms with Crippen molar-refractivity contribution in [2.45, 2.75) is 38.8 Å². The van der Waals surface area contributed by atoms with E-state index in [-0.39, 0.29) is 12.1 Å². The van der Waals surface area contributed by atoms with Gasteiger partial charge in [0.2, 0.25) is 0 Å². The van der Waals surface area contributed by atoms with Crippen LogP contribution in [0.1, 0.15) is 38.4 Å². The van der Waals surface area contributed by atoms with Crippen molar-refractivity contribution in [2.75, 3.05) is 19.8 Å². The summed E-state index contributed by atoms with van der Waals surface area (Å²) >= 11 is 1.68. The lowest BCUT2D eigenvalue weighted by molar-refractivity contribution is -0.00748. The Kier molecular flexibility index (Phi) is 7.44. The Labute approximate surface area is 108 Å². The van der Waals surface area contributed by atoms with Crippen molar-refractivity contribution in [1.82, 2.24) is 0 Å². The Balaban J connectivity index is 2.37. The third-order valence-corrected chi connectivity index (χ3v) is 3.31. The maximum atomic E-state index is 6.09. The quantitative estimate of drug-likeness (QED) is 0.692. The minimum Gasteiger partial charge on any atom is -0.379 e. The first-order valence-electron chi connectivity index (χ1n) is 6.26. The van der Waals surface area contributed by atoms with Crippen molar-refractivity contribution in [3.05, 3.63) is 22.4 Å². The maximum absolute atomic E-state index is 6.09. The van der Waals surface area contributed by atoms with E-state index in [4.69, 9.17) is 15.2 Å². The molecule has 0 aliphatic rings. The summed E-state index contributed by atoms with van der Waals surface area (Å²) in [7, 11) is 0. The first-order valence-corrected chi connectivity index (χ1v) is 7.20. The number of nitrogens with two attached hydrogens (primary N) is 1. The molecule has 2 atom stereocenters. The fourth-order valence-electron chi connectivity index (χ4n) is 1.60. The van der Waals surface area contributed by atoms with Crippen LogP contribution >= 0.6 is 11.3 Å². The van der Waals surface area contributed by atoms with E-state index in [0.29, 0.717) is 13.2 Å². The fourth-order valence-corrected chi connectivity index (χ4v) is 2.28. The van der Waals surface area contributed by atoms with Crippen LogP contribution in [0.25, 0.3) is 0 Å². The van der Waals surface area contributed by atoms with Crippen molar-refractivity contribution in [3.8, 4) is 0 Å². The van der Waals surface area contributed by atoms with Crippen molar-refractivity contribution >= 4 is 11.3 Å². The van der Waals surface area contributed by atoms with Crippen LogP contribution in [0.3, 0.4) is 0 Å². The first kappa shape index (κ1) is 14.6. The molecule has 0 radical (unpaired) electrons. The molecule has 0 saturated heterocycles. The highest BCUT2D eigenvalue weighted by Crippen LogP contribution is 2.24. The van der Waals surface area contributed by atoms with Crippen molar-refractivity contribution < 1.29 is 9.47 Å². The second kappa shape index (κ2) is 8.64. The van der Waals surface area contributed by atoms with E-state index in [0.717, 1.165) is 19.4 Å². The third-order valence-electron chi connectivity index (χ3n) is 2.61. The van der Waals surface area contributed by atoms with Crippen LogP contribution in [-0.4, -0.2) is 25.9 Å². The van der Waals surface area contributed by atoms with E-state index in [9.17, 15) is 0 Å². The summed E-state index contributed by atoms with van der Waals surface area (Å²) in [6, 6.07) is 2.13. The summed E-state index contributed by atoms with van der Waals surface area (Å²) < 4.78 is 11.2. The van der Waals surface area contributed by atoms with E-state index in [1.807, 2.05) is 0 Å². The molecule has 1 aromatic rings. The molecule has 98 valence electrons. The Morgan fingerprint density at radius 3 is 2.71 bits per heavy atom. The highest BCUT2D eigenvalue weighted by atomic mass is 32.1. The smallest absolute Gasteiger partial charge is 0.0984 e. The number of rotatable bonds is 9. The second-order valence-corrected chi connectivity index (χ2v) is 4.81. The third kappa shape index (κ3) is 5.17. The second-order valence-electron chi connectivity index (χ2n) is 4.03. The number of thiophene rings is 1. The predicted octanol–water partition coefficient (Wildman–Crippen LogP) is 2.97. The highest BCUT2D eigenvalue weighted by molar-refractivity contribution is 7.07. The largest absolute Gasteiger partial charge is 0.379 e. The number of ether oxygens (including phenoxy) is 2. The minimum absolute atomic E-state index is 0.00326. The molecule has 1 heterocycles. The van der Waals surface area contributed by atoms with Gasteiger partial charge in [0.05, 0.1) is 19.3 Å². The van der Waals surface area contributed by atoms with Gasteiger partial charge in [-0.15, -0.1) is 0 Å². The average Bonchev–Trinajstić information content (AvgIpc) is 2.86. The molecule has 0 aliphatic carbocycles. The standard InChI is InChI=1S/C13H23NO2S/c1-3-6-15-7-8-16-13(12(14)4-2)11-5-9-17-10-11/h5,9-10,12-13H,3-4,6-8,14H2,1-2H3. The van der Waals surface area contributed by atoms with Gasteiger partial charge < -0.3 is 15.2 Å². The Morgan fingerprint density at radius 2 is 2.12 bits per heavy atom. The van der Waals surface area contributed by atoms with Crippen molar-refractivity contribution in [1.29, 1.82) is 0 Å². The van der Waals surface area contributed by atoms with E-state index in [1.165, 1.54) is 5.56 Å². The summed E-state index contributed by atoms with van der Waals surface area (Å²) in [4.78, 5) is 0. The topological polar surface area (TPSA) is 44.5 Å². The molecule has 17 heavy (non-hydrogen) atoms. The van der Waals surface area contributed by atoms with Crippen LogP contribution in [0.5, 0.6) is 0 Å². The van der Waals surface area contributed by atoms with Crippen LogP contribution < -0.4 is 5.73 Å². The van der Waals surface area contributed by atoms with Gasteiger partial charge in [-0.3, -0.25) is 0 Å². The zero-order chi connectivity index (χ0) is 12.5. The fraction of sp³-hybridized carbons (Fsp3) is 0.692. The lowest BCUT2D eigenvalue weighted by Gasteiger charge is -2.22. The molecule has 0 spiro atoms. The summed E-state index contributed by atoms with van der Waals surface area (Å²) in [6.07, 6.45) is 1.95. The zero-order valence-electron chi connectivity index (χ0n) is 10.7. The van der Waals surface area contributed by atoms with Crippen LogP contribution in [0.4, 0.5) is 0 Å². The minimum atomic E-state index is -0.00326. The van der Waals surface area contributed by atoms with Crippen LogP contribution in [0.15, 0.2) is 16.8 Å². The molecule has 3 nitrogen and oxygen atoms in total. The summed E-state index contributed by atoms with van der Waals surface area (Å²) in [5.74, 6) is 0. The van der Waals surface area contributed by atoms with Crippen LogP contribution in [0, 0.1) is 0 Å². The van der Waals surface area contributed by atoms with Gasteiger partial charge in [-0.05, 0) is 35.2 Å². The SMILES string of the molecule is CCCOCCOC(c1ccsc1)C(N)CC. The van der Waals surface area contributed by atoms with Gasteiger partial charge in [0, 0.05) is 12.6 Å². The highest BCUT2D eigenvalue weighted by Gasteiger charge is 2.19. The molecule has 0 saturated carbocycles. The predicted molar refractivity (Wildman–Crippen MR) is 72.4 cm³/mol. The van der Waals surface area contributed by atoms with E-state index >= 15 is 0 Å². The molecule has 2 N–H and O–H groups in total. The lowest BCUT2D eigenvalue weighted by atomic mass is 10.0. The maximum Gasteiger partial charge on any atom is 0.0984 e. The van der Waals surface area contributed by atoms with Gasteiger partial charge in [0.25, 0.3) is 0 Å².